The Morgan fingerprint density at radius 3 is 2.62 bits per heavy atom. The van der Waals surface area contributed by atoms with Gasteiger partial charge in [-0.25, -0.2) is 4.79 Å². The van der Waals surface area contributed by atoms with E-state index < -0.39 is 5.97 Å². The summed E-state index contributed by atoms with van der Waals surface area (Å²) in [7, 11) is 0. The lowest BCUT2D eigenvalue weighted by Gasteiger charge is -2.31. The topological polar surface area (TPSA) is 74.7 Å². The number of fused-ring (bicyclic) bond motifs is 1. The number of para-hydroxylation sites is 1. The largest absolute Gasteiger partial charge is 0.457 e. The number of anilines is 1. The average Bonchev–Trinajstić information content (AvgIpc) is 2.63. The molecule has 122 valence electrons. The van der Waals surface area contributed by atoms with Gasteiger partial charge >= 0.3 is 11.7 Å². The highest BCUT2D eigenvalue weighted by Crippen LogP contribution is 2.40. The number of carbonyl (C=O) groups excluding carboxylic acids is 1. The summed E-state index contributed by atoms with van der Waals surface area (Å²) in [6.45, 7) is 1.97. The van der Waals surface area contributed by atoms with E-state index in [0.29, 0.717) is 6.42 Å². The van der Waals surface area contributed by atoms with Gasteiger partial charge in [0.05, 0.1) is 18.6 Å². The van der Waals surface area contributed by atoms with Crippen molar-refractivity contribution in [3.8, 4) is 0 Å². The summed E-state index contributed by atoms with van der Waals surface area (Å²) in [6.07, 6.45) is 0.610. The van der Waals surface area contributed by atoms with Crippen LogP contribution in [0.25, 0.3) is 5.53 Å². The Hall–Kier alpha value is -2.91. The minimum Gasteiger partial charge on any atom is -0.457 e. The number of esters is 1. The number of carbonyl (C=O) groups is 1. The van der Waals surface area contributed by atoms with Crippen molar-refractivity contribution in [1.82, 2.24) is 0 Å². The second-order valence-corrected chi connectivity index (χ2v) is 5.69. The molecule has 0 saturated heterocycles. The van der Waals surface area contributed by atoms with Crippen LogP contribution < -0.4 is 5.32 Å². The number of hydrogen-bond acceptors (Lipinski definition) is 3. The first-order valence-electron chi connectivity index (χ1n) is 8.04. The predicted octanol–water partition coefficient (Wildman–Crippen LogP) is 3.56. The van der Waals surface area contributed by atoms with Crippen LogP contribution in [0, 0.1) is 0 Å². The van der Waals surface area contributed by atoms with Crippen molar-refractivity contribution in [2.24, 2.45) is 0 Å². The lowest BCUT2D eigenvalue weighted by Crippen LogP contribution is -2.32. The molecule has 3 rings (SSSR count). The van der Waals surface area contributed by atoms with E-state index in [0.717, 1.165) is 16.8 Å². The average molecular weight is 321 g/mol. The predicted molar refractivity (Wildman–Crippen MR) is 91.9 cm³/mol. The van der Waals surface area contributed by atoms with Gasteiger partial charge in [-0.1, -0.05) is 48.5 Å². The van der Waals surface area contributed by atoms with E-state index in [1.165, 1.54) is 0 Å². The summed E-state index contributed by atoms with van der Waals surface area (Å²) in [6, 6.07) is 17.8. The number of hydrogen-bond donors (Lipinski definition) is 1. The maximum Gasteiger partial charge on any atom is 0.417 e. The Morgan fingerprint density at radius 2 is 1.92 bits per heavy atom. The molecule has 1 aliphatic heterocycles. The van der Waals surface area contributed by atoms with Gasteiger partial charge in [0.25, 0.3) is 0 Å². The van der Waals surface area contributed by atoms with Gasteiger partial charge in [-0.05, 0) is 30.5 Å². The van der Waals surface area contributed by atoms with Crippen molar-refractivity contribution in [1.29, 1.82) is 0 Å². The van der Waals surface area contributed by atoms with E-state index in [-0.39, 0.29) is 24.3 Å². The third kappa shape index (κ3) is 3.07. The van der Waals surface area contributed by atoms with E-state index in [4.69, 9.17) is 4.74 Å². The maximum atomic E-state index is 12.2. The number of nitrogens with one attached hydrogen (secondary N) is 1. The number of ether oxygens (including phenoxy) is 1. The summed E-state index contributed by atoms with van der Waals surface area (Å²) >= 11 is 0. The Kier molecular flexibility index (Phi) is 4.73. The van der Waals surface area contributed by atoms with Crippen LogP contribution in [0.5, 0.6) is 0 Å². The minimum absolute atomic E-state index is 0.0253. The Morgan fingerprint density at radius 1 is 1.21 bits per heavy atom. The van der Waals surface area contributed by atoms with Crippen molar-refractivity contribution >= 4 is 17.4 Å². The van der Waals surface area contributed by atoms with Crippen LogP contribution in [0.1, 0.15) is 36.4 Å². The molecule has 1 heterocycles. The van der Waals surface area contributed by atoms with Gasteiger partial charge in [0.1, 0.15) is 0 Å². The van der Waals surface area contributed by atoms with E-state index in [9.17, 15) is 10.3 Å². The van der Waals surface area contributed by atoms with Gasteiger partial charge in [0, 0.05) is 5.69 Å². The molecule has 0 unspecified atom stereocenters. The van der Waals surface area contributed by atoms with Crippen LogP contribution in [-0.2, 0) is 9.53 Å². The molecule has 2 aromatic carbocycles. The van der Waals surface area contributed by atoms with Gasteiger partial charge in [-0.2, -0.15) is 4.79 Å². The molecule has 5 heteroatoms. The molecule has 1 aliphatic rings. The third-order valence-electron chi connectivity index (χ3n) is 4.26. The fourth-order valence-electron chi connectivity index (χ4n) is 3.16. The standard InChI is InChI=1S/C19H19N3O2/c1-2-24-19(23)18(22-20)15-12-17(13-8-4-3-5-9-13)21-16-11-7-6-10-14(15)16/h3-11,15,17,21H,2,12H2,1H3/t15-,17-/m1/s1. The van der Waals surface area contributed by atoms with Crippen LogP contribution in [0.2, 0.25) is 0 Å². The fraction of sp³-hybridized carbons (Fsp3) is 0.263. The zero-order valence-electron chi connectivity index (χ0n) is 13.5. The molecule has 0 radical (unpaired) electrons. The maximum absolute atomic E-state index is 12.2. The lowest BCUT2D eigenvalue weighted by molar-refractivity contribution is -0.140. The molecule has 0 bridgehead atoms. The highest BCUT2D eigenvalue weighted by Gasteiger charge is 2.39. The summed E-state index contributed by atoms with van der Waals surface area (Å²) in [4.78, 5) is 15.5. The summed E-state index contributed by atoms with van der Waals surface area (Å²) in [5.74, 6) is -0.898. The van der Waals surface area contributed by atoms with Gasteiger partial charge in [0.2, 0.25) is 0 Å². The van der Waals surface area contributed by atoms with Crippen molar-refractivity contribution in [2.45, 2.75) is 25.3 Å². The molecular weight excluding hydrogens is 302 g/mol. The van der Waals surface area contributed by atoms with Gasteiger partial charge in [-0.3, -0.25) is 0 Å². The fourth-order valence-corrected chi connectivity index (χ4v) is 3.16. The Labute approximate surface area is 140 Å². The van der Waals surface area contributed by atoms with Crippen LogP contribution in [-0.4, -0.2) is 23.1 Å². The number of nitrogens with zero attached hydrogens (tertiary/aromatic N) is 2. The SMILES string of the molecule is CCOC(=O)C(=[N+]=[N-])[C@@H]1C[C@H](c2ccccc2)Nc2ccccc21. The Balaban J connectivity index is 2.01. The molecule has 0 fully saturated rings. The molecule has 24 heavy (non-hydrogen) atoms. The summed E-state index contributed by atoms with van der Waals surface area (Å²) < 4.78 is 5.05. The van der Waals surface area contributed by atoms with Gasteiger partial charge < -0.3 is 15.6 Å². The van der Waals surface area contributed by atoms with Crippen molar-refractivity contribution < 1.29 is 14.3 Å². The molecule has 0 aromatic heterocycles. The quantitative estimate of drug-likeness (QED) is 0.405. The first-order chi connectivity index (χ1) is 11.7. The van der Waals surface area contributed by atoms with Crippen molar-refractivity contribution in [3.63, 3.8) is 0 Å². The molecule has 0 amide bonds. The third-order valence-corrected chi connectivity index (χ3v) is 4.26. The molecule has 1 N–H and O–H groups in total. The van der Waals surface area contributed by atoms with Crippen molar-refractivity contribution in [2.75, 3.05) is 11.9 Å². The molecule has 2 atom stereocenters. The number of rotatable bonds is 4. The zero-order chi connectivity index (χ0) is 16.9. The van der Waals surface area contributed by atoms with E-state index >= 15 is 0 Å². The van der Waals surface area contributed by atoms with E-state index in [2.05, 4.69) is 10.1 Å². The minimum atomic E-state index is -0.575. The van der Waals surface area contributed by atoms with Gasteiger partial charge in [0.15, 0.2) is 0 Å². The first-order valence-corrected chi connectivity index (χ1v) is 8.04. The second-order valence-electron chi connectivity index (χ2n) is 5.69. The van der Waals surface area contributed by atoms with E-state index in [1.807, 2.05) is 54.6 Å². The van der Waals surface area contributed by atoms with Crippen LogP contribution in [0.4, 0.5) is 5.69 Å². The molecule has 5 nitrogen and oxygen atoms in total. The highest BCUT2D eigenvalue weighted by atomic mass is 16.5. The summed E-state index contributed by atoms with van der Waals surface area (Å²) in [5, 5.41) is 3.50. The summed E-state index contributed by atoms with van der Waals surface area (Å²) in [5.41, 5.74) is 12.5. The van der Waals surface area contributed by atoms with Crippen LogP contribution in [0.15, 0.2) is 54.6 Å². The smallest absolute Gasteiger partial charge is 0.417 e. The van der Waals surface area contributed by atoms with Gasteiger partial charge in [-0.15, -0.1) is 0 Å². The lowest BCUT2D eigenvalue weighted by atomic mass is 9.81. The zero-order valence-corrected chi connectivity index (χ0v) is 13.5. The molecular formula is C19H19N3O2. The normalized spacial score (nSPS) is 18.7. The first kappa shape index (κ1) is 16.0. The molecule has 0 spiro atoms. The van der Waals surface area contributed by atoms with Crippen LogP contribution >= 0.6 is 0 Å². The van der Waals surface area contributed by atoms with Crippen molar-refractivity contribution in [3.05, 3.63) is 71.3 Å². The Bertz CT molecular complexity index is 782. The number of benzene rings is 2. The monoisotopic (exact) mass is 321 g/mol. The molecule has 2 aromatic rings. The highest BCUT2D eigenvalue weighted by molar-refractivity contribution is 6.36. The van der Waals surface area contributed by atoms with Crippen LogP contribution in [0.3, 0.4) is 0 Å². The second kappa shape index (κ2) is 7.11. The molecule has 0 saturated carbocycles. The molecule has 0 aliphatic carbocycles. The van der Waals surface area contributed by atoms with E-state index in [1.54, 1.807) is 6.92 Å².